The first-order valence-electron chi connectivity index (χ1n) is 13.5. The summed E-state index contributed by atoms with van der Waals surface area (Å²) in [5.41, 5.74) is 0.849. The first-order valence-corrected chi connectivity index (χ1v) is 13.5. The number of aliphatic carboxylic acids is 1. The van der Waals surface area contributed by atoms with E-state index in [-0.39, 0.29) is 33.7 Å². The van der Waals surface area contributed by atoms with E-state index in [0.29, 0.717) is 43.1 Å². The van der Waals surface area contributed by atoms with Crippen molar-refractivity contribution in [2.24, 2.45) is 39.4 Å². The molecule has 35 heavy (non-hydrogen) atoms. The summed E-state index contributed by atoms with van der Waals surface area (Å²) < 4.78 is 0. The zero-order chi connectivity index (χ0) is 26.1. The molecule has 0 radical (unpaired) electrons. The standard InChI is InChI=1S/C30H44O5/c1-17(9-8-10-18(2)26(34)35)19-11-14-29(6)25-20(31)15-22-27(3,4)23(33)12-13-28(22,5)24(25)21(32)16-30(19,29)7/h10,17,19,21-22,32H,8-9,11-16H2,1-7H3,(H,34,35)/b18-10+/t17-,19-,21-,22+,28+,29+,30-/m1/s1. The van der Waals surface area contributed by atoms with E-state index < -0.39 is 17.5 Å². The summed E-state index contributed by atoms with van der Waals surface area (Å²) in [6.45, 7) is 14.6. The van der Waals surface area contributed by atoms with Crippen LogP contribution < -0.4 is 0 Å². The van der Waals surface area contributed by atoms with Gasteiger partial charge in [0.15, 0.2) is 5.78 Å². The average molecular weight is 485 g/mol. The molecular formula is C30H44O5. The van der Waals surface area contributed by atoms with Crippen LogP contribution in [0.4, 0.5) is 0 Å². The van der Waals surface area contributed by atoms with E-state index in [1.165, 1.54) is 0 Å². The van der Waals surface area contributed by atoms with Gasteiger partial charge in [-0.15, -0.1) is 0 Å². The molecule has 2 fully saturated rings. The third-order valence-electron chi connectivity index (χ3n) is 11.4. The molecule has 2 saturated carbocycles. The van der Waals surface area contributed by atoms with Crippen LogP contribution >= 0.6 is 0 Å². The molecule has 0 bridgehead atoms. The molecule has 0 aromatic carbocycles. The summed E-state index contributed by atoms with van der Waals surface area (Å²) in [4.78, 5) is 37.9. The normalized spacial score (nSPS) is 41.8. The third kappa shape index (κ3) is 3.62. The fraction of sp³-hybridized carbons (Fsp3) is 0.767. The largest absolute Gasteiger partial charge is 0.478 e. The molecule has 0 amide bonds. The van der Waals surface area contributed by atoms with E-state index in [4.69, 9.17) is 5.11 Å². The molecule has 0 unspecified atom stereocenters. The monoisotopic (exact) mass is 484 g/mol. The Morgan fingerprint density at radius 3 is 2.43 bits per heavy atom. The molecule has 0 aromatic heterocycles. The number of rotatable bonds is 5. The van der Waals surface area contributed by atoms with Crippen molar-refractivity contribution in [2.45, 2.75) is 106 Å². The summed E-state index contributed by atoms with van der Waals surface area (Å²) in [5.74, 6) is 0.166. The van der Waals surface area contributed by atoms with E-state index in [1.807, 2.05) is 19.9 Å². The Balaban J connectivity index is 1.71. The highest BCUT2D eigenvalue weighted by molar-refractivity contribution is 6.01. The number of allylic oxidation sites excluding steroid dienone is 2. The first kappa shape index (κ1) is 26.3. The lowest BCUT2D eigenvalue weighted by molar-refractivity contribution is -0.144. The lowest BCUT2D eigenvalue weighted by atomic mass is 9.42. The number of Topliss-reactive ketones (excluding diaryl/α,β-unsaturated/α-hetero) is 2. The highest BCUT2D eigenvalue weighted by atomic mass is 16.4. The number of aliphatic hydroxyl groups is 1. The Morgan fingerprint density at radius 1 is 1.14 bits per heavy atom. The number of carbonyl (C=O) groups is 3. The third-order valence-corrected chi connectivity index (χ3v) is 11.4. The van der Waals surface area contributed by atoms with Gasteiger partial charge >= 0.3 is 5.97 Å². The maximum absolute atomic E-state index is 13.9. The molecular weight excluding hydrogens is 440 g/mol. The molecule has 4 aliphatic carbocycles. The van der Waals surface area contributed by atoms with Gasteiger partial charge in [-0.2, -0.15) is 0 Å². The fourth-order valence-corrected chi connectivity index (χ4v) is 9.05. The van der Waals surface area contributed by atoms with Crippen LogP contribution in [0.1, 0.15) is 99.8 Å². The zero-order valence-electron chi connectivity index (χ0n) is 22.7. The molecule has 194 valence electrons. The number of fused-ring (bicyclic) bond motifs is 4. The van der Waals surface area contributed by atoms with Crippen molar-refractivity contribution in [3.63, 3.8) is 0 Å². The van der Waals surface area contributed by atoms with Crippen molar-refractivity contribution in [1.82, 2.24) is 0 Å². The van der Waals surface area contributed by atoms with E-state index >= 15 is 0 Å². The summed E-state index contributed by atoms with van der Waals surface area (Å²) in [6.07, 6.45) is 6.97. The molecule has 0 aliphatic heterocycles. The summed E-state index contributed by atoms with van der Waals surface area (Å²) >= 11 is 0. The van der Waals surface area contributed by atoms with Crippen molar-refractivity contribution < 1.29 is 24.6 Å². The van der Waals surface area contributed by atoms with Gasteiger partial charge in [0.1, 0.15) is 5.78 Å². The van der Waals surface area contributed by atoms with Crippen LogP contribution in [0.3, 0.4) is 0 Å². The van der Waals surface area contributed by atoms with Gasteiger partial charge in [0.25, 0.3) is 0 Å². The SMILES string of the molecule is C/C(=C\CC[C@@H](C)[C@H]1CC[C@@]2(C)C3=C([C@H](O)C[C@]12C)[C@@]1(C)CCC(=O)C(C)(C)[C@@H]1CC3=O)C(=O)O. The summed E-state index contributed by atoms with van der Waals surface area (Å²) in [7, 11) is 0. The minimum atomic E-state index is -0.872. The van der Waals surface area contributed by atoms with Crippen molar-refractivity contribution in [3.8, 4) is 0 Å². The van der Waals surface area contributed by atoms with Crippen LogP contribution in [0.25, 0.3) is 0 Å². The smallest absolute Gasteiger partial charge is 0.330 e. The Kier molecular flexibility index (Phi) is 6.31. The number of ketones is 2. The van der Waals surface area contributed by atoms with Gasteiger partial charge in [-0.05, 0) is 79.6 Å². The predicted octanol–water partition coefficient (Wildman–Crippen LogP) is 5.90. The fourth-order valence-electron chi connectivity index (χ4n) is 9.05. The van der Waals surface area contributed by atoms with Crippen LogP contribution in [0.2, 0.25) is 0 Å². The molecule has 7 atom stereocenters. The Bertz CT molecular complexity index is 1020. The van der Waals surface area contributed by atoms with Crippen LogP contribution in [0.15, 0.2) is 22.8 Å². The number of hydrogen-bond acceptors (Lipinski definition) is 4. The second-order valence-electron chi connectivity index (χ2n) is 13.4. The van der Waals surface area contributed by atoms with E-state index in [2.05, 4.69) is 27.7 Å². The number of carboxylic acid groups (broad SMARTS) is 1. The highest BCUT2D eigenvalue weighted by Crippen LogP contribution is 2.71. The number of carboxylic acids is 1. The molecule has 0 spiro atoms. The highest BCUT2D eigenvalue weighted by Gasteiger charge is 2.67. The summed E-state index contributed by atoms with van der Waals surface area (Å²) in [6, 6.07) is 0. The molecule has 0 heterocycles. The van der Waals surface area contributed by atoms with Gasteiger partial charge in [0.05, 0.1) is 6.10 Å². The lowest BCUT2D eigenvalue weighted by Gasteiger charge is -2.61. The Morgan fingerprint density at radius 2 is 1.80 bits per heavy atom. The van der Waals surface area contributed by atoms with Crippen LogP contribution in [-0.4, -0.2) is 33.9 Å². The van der Waals surface area contributed by atoms with Gasteiger partial charge in [0.2, 0.25) is 0 Å². The van der Waals surface area contributed by atoms with Gasteiger partial charge < -0.3 is 10.2 Å². The number of carbonyl (C=O) groups excluding carboxylic acids is 2. The van der Waals surface area contributed by atoms with Gasteiger partial charge in [0, 0.05) is 34.8 Å². The van der Waals surface area contributed by atoms with E-state index in [0.717, 1.165) is 36.8 Å². The van der Waals surface area contributed by atoms with Crippen molar-refractivity contribution in [1.29, 1.82) is 0 Å². The molecule has 0 aromatic rings. The molecule has 2 N–H and O–H groups in total. The zero-order valence-corrected chi connectivity index (χ0v) is 22.7. The van der Waals surface area contributed by atoms with Crippen molar-refractivity contribution in [3.05, 3.63) is 22.8 Å². The Hall–Kier alpha value is -1.75. The lowest BCUT2D eigenvalue weighted by Crippen LogP contribution is -2.59. The van der Waals surface area contributed by atoms with Crippen LogP contribution in [-0.2, 0) is 14.4 Å². The van der Waals surface area contributed by atoms with Gasteiger partial charge in [-0.1, -0.05) is 47.6 Å². The number of aliphatic hydroxyl groups excluding tert-OH is 1. The molecule has 5 heteroatoms. The quantitative estimate of drug-likeness (QED) is 0.474. The maximum Gasteiger partial charge on any atom is 0.330 e. The van der Waals surface area contributed by atoms with E-state index in [1.54, 1.807) is 6.92 Å². The molecule has 0 saturated heterocycles. The topological polar surface area (TPSA) is 91.7 Å². The molecule has 4 rings (SSSR count). The minimum Gasteiger partial charge on any atom is -0.478 e. The molecule has 5 nitrogen and oxygen atoms in total. The Labute approximate surface area is 210 Å². The average Bonchev–Trinajstić information content (AvgIpc) is 3.03. The van der Waals surface area contributed by atoms with Crippen LogP contribution in [0.5, 0.6) is 0 Å². The predicted molar refractivity (Wildman–Crippen MR) is 136 cm³/mol. The maximum atomic E-state index is 13.9. The first-order chi connectivity index (χ1) is 16.1. The van der Waals surface area contributed by atoms with Gasteiger partial charge in [-0.3, -0.25) is 9.59 Å². The summed E-state index contributed by atoms with van der Waals surface area (Å²) in [5, 5.41) is 20.9. The van der Waals surface area contributed by atoms with Gasteiger partial charge in [-0.25, -0.2) is 4.79 Å². The van der Waals surface area contributed by atoms with E-state index in [9.17, 15) is 19.5 Å². The van der Waals surface area contributed by atoms with Crippen molar-refractivity contribution in [2.75, 3.05) is 0 Å². The molecule has 4 aliphatic rings. The minimum absolute atomic E-state index is 0.0644. The second-order valence-corrected chi connectivity index (χ2v) is 13.4. The van der Waals surface area contributed by atoms with Crippen molar-refractivity contribution >= 4 is 17.5 Å². The van der Waals surface area contributed by atoms with Crippen LogP contribution in [0, 0.1) is 39.4 Å². The number of hydrogen-bond donors (Lipinski definition) is 2. The second kappa shape index (κ2) is 8.39.